The zero-order valence-corrected chi connectivity index (χ0v) is 26.1. The number of ether oxygens (including phenoxy) is 3. The molecule has 1 fully saturated rings. The average Bonchev–Trinajstić information content (AvgIpc) is 3.43. The summed E-state index contributed by atoms with van der Waals surface area (Å²) in [4.78, 5) is 13.9. The molecule has 1 N–H and O–H groups in total. The van der Waals surface area contributed by atoms with Gasteiger partial charge < -0.3 is 24.2 Å². The number of halogens is 3. The van der Waals surface area contributed by atoms with Crippen LogP contribution in [0.1, 0.15) is 45.5 Å². The fourth-order valence-electron chi connectivity index (χ4n) is 5.57. The molecule has 0 radical (unpaired) electrons. The van der Waals surface area contributed by atoms with Crippen LogP contribution in [0.5, 0.6) is 17.2 Å². The first-order chi connectivity index (χ1) is 21.7. The van der Waals surface area contributed by atoms with Crippen LogP contribution in [0.15, 0.2) is 66.7 Å². The number of hydrogen-bond acceptors (Lipinski definition) is 6. The Morgan fingerprint density at radius 1 is 0.889 bits per heavy atom. The average molecular weight is 636 g/mol. The van der Waals surface area contributed by atoms with Gasteiger partial charge >= 0.3 is 0 Å². The van der Waals surface area contributed by atoms with Crippen LogP contribution in [0.4, 0.5) is 8.78 Å². The van der Waals surface area contributed by atoms with Gasteiger partial charge in [0.2, 0.25) is 0 Å². The number of carbonyl (C=O) groups is 1. The largest absolute Gasteiger partial charge is 0.493 e. The number of nitrogens with zero attached hydrogens (tertiary/aromatic N) is 1. The standard InChI is InChI=1S/C36H36ClF2NO5/c1-23-26(22-45-36-18-35(27(20-41)16-33(36)37)44-21-25-14-28(38)17-29(39)15-25)6-3-7-31(23)32-8-4-9-34(24(32)2)43-13-5-11-40-12-10-30(42)19-40/h3-4,6-9,14-18,20,30,42H,5,10-13,19,21-22H2,1-2H3/t30-/m1/s1. The van der Waals surface area contributed by atoms with Crippen LogP contribution in [0.3, 0.4) is 0 Å². The molecule has 45 heavy (non-hydrogen) atoms. The summed E-state index contributed by atoms with van der Waals surface area (Å²) in [5, 5.41) is 9.97. The van der Waals surface area contributed by atoms with E-state index in [0.717, 1.165) is 72.1 Å². The molecule has 5 rings (SSSR count). The second kappa shape index (κ2) is 14.9. The van der Waals surface area contributed by atoms with Crippen molar-refractivity contribution in [2.24, 2.45) is 0 Å². The highest BCUT2D eigenvalue weighted by Gasteiger charge is 2.19. The minimum absolute atomic E-state index is 0.150. The number of aliphatic hydroxyl groups is 1. The second-order valence-corrected chi connectivity index (χ2v) is 11.7. The molecular weight excluding hydrogens is 600 g/mol. The maximum absolute atomic E-state index is 13.6. The van der Waals surface area contributed by atoms with E-state index in [2.05, 4.69) is 24.0 Å². The third kappa shape index (κ3) is 8.19. The van der Waals surface area contributed by atoms with Crippen molar-refractivity contribution in [2.45, 2.75) is 46.0 Å². The molecule has 0 amide bonds. The van der Waals surface area contributed by atoms with Gasteiger partial charge in [-0.05, 0) is 84.3 Å². The van der Waals surface area contributed by atoms with Gasteiger partial charge in [-0.15, -0.1) is 0 Å². The van der Waals surface area contributed by atoms with E-state index in [1.807, 2.05) is 31.2 Å². The molecule has 0 spiro atoms. The summed E-state index contributed by atoms with van der Waals surface area (Å²) in [5.41, 5.74) is 5.61. The van der Waals surface area contributed by atoms with Crippen LogP contribution >= 0.6 is 11.6 Å². The lowest BCUT2D eigenvalue weighted by atomic mass is 9.93. The Morgan fingerprint density at radius 2 is 1.60 bits per heavy atom. The normalized spacial score (nSPS) is 14.8. The zero-order chi connectivity index (χ0) is 31.9. The Kier molecular flexibility index (Phi) is 10.7. The molecule has 4 aromatic carbocycles. The summed E-state index contributed by atoms with van der Waals surface area (Å²) >= 11 is 6.44. The Morgan fingerprint density at radius 3 is 2.31 bits per heavy atom. The lowest BCUT2D eigenvalue weighted by Gasteiger charge is -2.18. The molecule has 1 heterocycles. The summed E-state index contributed by atoms with van der Waals surface area (Å²) in [5.74, 6) is -0.101. The Balaban J connectivity index is 1.27. The molecule has 236 valence electrons. The van der Waals surface area contributed by atoms with E-state index in [0.29, 0.717) is 18.6 Å². The lowest BCUT2D eigenvalue weighted by molar-refractivity contribution is 0.111. The topological polar surface area (TPSA) is 68.2 Å². The number of carbonyl (C=O) groups excluding carboxylic acids is 1. The Labute approximate surface area is 267 Å². The van der Waals surface area contributed by atoms with Gasteiger partial charge in [-0.2, -0.15) is 0 Å². The van der Waals surface area contributed by atoms with Gasteiger partial charge in [-0.1, -0.05) is 41.9 Å². The summed E-state index contributed by atoms with van der Waals surface area (Å²) in [6, 6.07) is 18.1. The molecule has 4 aromatic rings. The van der Waals surface area contributed by atoms with Gasteiger partial charge in [-0.3, -0.25) is 4.79 Å². The fourth-order valence-corrected chi connectivity index (χ4v) is 5.80. The van der Waals surface area contributed by atoms with Crippen LogP contribution < -0.4 is 14.2 Å². The van der Waals surface area contributed by atoms with Crippen LogP contribution in [0.2, 0.25) is 5.02 Å². The third-order valence-corrected chi connectivity index (χ3v) is 8.33. The van der Waals surface area contributed by atoms with Crippen molar-refractivity contribution < 1.29 is 32.9 Å². The van der Waals surface area contributed by atoms with Gasteiger partial charge in [0.05, 0.1) is 23.3 Å². The van der Waals surface area contributed by atoms with Crippen LogP contribution in [0, 0.1) is 25.5 Å². The number of aliphatic hydroxyl groups excluding tert-OH is 1. The third-order valence-electron chi connectivity index (χ3n) is 8.04. The molecule has 0 saturated carbocycles. The molecule has 1 saturated heterocycles. The minimum Gasteiger partial charge on any atom is -0.493 e. The van der Waals surface area contributed by atoms with Crippen molar-refractivity contribution >= 4 is 17.9 Å². The number of β-amino-alcohol motifs (C(OH)–C–C–N with tert-alkyl or cyclic N) is 1. The second-order valence-electron chi connectivity index (χ2n) is 11.3. The lowest BCUT2D eigenvalue weighted by Crippen LogP contribution is -2.24. The van der Waals surface area contributed by atoms with Crippen LogP contribution in [-0.4, -0.2) is 48.6 Å². The maximum atomic E-state index is 13.6. The first kappa shape index (κ1) is 32.4. The Bertz CT molecular complexity index is 1640. The number of benzene rings is 4. The summed E-state index contributed by atoms with van der Waals surface area (Å²) in [6.45, 7) is 7.30. The highest BCUT2D eigenvalue weighted by molar-refractivity contribution is 6.32. The molecule has 1 aliphatic rings. The number of rotatable bonds is 13. The first-order valence-corrected chi connectivity index (χ1v) is 15.3. The van der Waals surface area contributed by atoms with Crippen molar-refractivity contribution in [2.75, 3.05) is 26.2 Å². The van der Waals surface area contributed by atoms with Gasteiger partial charge in [0.25, 0.3) is 0 Å². The molecular formula is C36H36ClF2NO5. The molecule has 0 unspecified atom stereocenters. The number of likely N-dealkylation sites (tertiary alicyclic amines) is 1. The van der Waals surface area contributed by atoms with Crippen LogP contribution in [0.25, 0.3) is 11.1 Å². The van der Waals surface area contributed by atoms with Crippen molar-refractivity contribution in [1.29, 1.82) is 0 Å². The highest BCUT2D eigenvalue weighted by atomic mass is 35.5. The maximum Gasteiger partial charge on any atom is 0.153 e. The van der Waals surface area contributed by atoms with Crippen molar-refractivity contribution in [1.82, 2.24) is 4.90 Å². The predicted molar refractivity (Wildman–Crippen MR) is 170 cm³/mol. The molecule has 1 aliphatic heterocycles. The van der Waals surface area contributed by atoms with Crippen LogP contribution in [-0.2, 0) is 13.2 Å². The summed E-state index contributed by atoms with van der Waals surface area (Å²) in [6.07, 6.45) is 2.10. The minimum atomic E-state index is -0.716. The van der Waals surface area contributed by atoms with E-state index >= 15 is 0 Å². The van der Waals surface area contributed by atoms with E-state index in [9.17, 15) is 18.7 Å². The molecule has 0 bridgehead atoms. The monoisotopic (exact) mass is 635 g/mol. The molecule has 6 nitrogen and oxygen atoms in total. The Hall–Kier alpha value is -3.98. The summed E-state index contributed by atoms with van der Waals surface area (Å²) in [7, 11) is 0. The quantitative estimate of drug-likeness (QED) is 0.120. The molecule has 0 aliphatic carbocycles. The number of aldehydes is 1. The predicted octanol–water partition coefficient (Wildman–Crippen LogP) is 7.71. The van der Waals surface area contributed by atoms with E-state index in [1.165, 1.54) is 24.3 Å². The van der Waals surface area contributed by atoms with Crippen molar-refractivity contribution in [3.63, 3.8) is 0 Å². The van der Waals surface area contributed by atoms with Gasteiger partial charge in [0.1, 0.15) is 42.1 Å². The molecule has 9 heteroatoms. The number of hydrogen-bond donors (Lipinski definition) is 1. The molecule has 1 atom stereocenters. The van der Waals surface area contributed by atoms with Gasteiger partial charge in [-0.25, -0.2) is 8.78 Å². The van der Waals surface area contributed by atoms with Gasteiger partial charge in [0.15, 0.2) is 6.29 Å². The van der Waals surface area contributed by atoms with E-state index in [-0.39, 0.29) is 41.2 Å². The van der Waals surface area contributed by atoms with Crippen molar-refractivity contribution in [3.05, 3.63) is 111 Å². The fraction of sp³-hybridized carbons (Fsp3) is 0.306. The highest BCUT2D eigenvalue weighted by Crippen LogP contribution is 2.36. The summed E-state index contributed by atoms with van der Waals surface area (Å²) < 4.78 is 45.2. The zero-order valence-electron chi connectivity index (χ0n) is 25.3. The SMILES string of the molecule is Cc1c(COc2cc(OCc3cc(F)cc(F)c3)c(C=O)cc2Cl)cccc1-c1cccc(OCCCN2CC[C@@H](O)C2)c1C. The van der Waals surface area contributed by atoms with Gasteiger partial charge in [0, 0.05) is 31.8 Å². The van der Waals surface area contributed by atoms with Crippen molar-refractivity contribution in [3.8, 4) is 28.4 Å². The van der Waals surface area contributed by atoms with E-state index in [1.54, 1.807) is 0 Å². The first-order valence-electron chi connectivity index (χ1n) is 14.9. The van der Waals surface area contributed by atoms with E-state index < -0.39 is 11.6 Å². The van der Waals surface area contributed by atoms with E-state index in [4.69, 9.17) is 25.8 Å². The smallest absolute Gasteiger partial charge is 0.153 e. The molecule has 0 aromatic heterocycles.